The summed E-state index contributed by atoms with van der Waals surface area (Å²) in [5.41, 5.74) is 2.33. The summed E-state index contributed by atoms with van der Waals surface area (Å²) in [5, 5.41) is 7.01. The summed E-state index contributed by atoms with van der Waals surface area (Å²) in [6, 6.07) is 7.19. The molecule has 36 heavy (non-hydrogen) atoms. The van der Waals surface area contributed by atoms with E-state index in [1.54, 1.807) is 0 Å². The van der Waals surface area contributed by atoms with Gasteiger partial charge in [0.05, 0.1) is 29.3 Å². The predicted octanol–water partition coefficient (Wildman–Crippen LogP) is 4.73. The second-order valence-electron chi connectivity index (χ2n) is 8.23. The number of fused-ring (bicyclic) bond motifs is 1. The SMILES string of the molecule is COC(=O)[C@H](CCc1ccc(OCCc2ccc3c(n2)NCCC3)s1)NC(=O)c1c(Cl)cncc1Cl. The molecule has 190 valence electrons. The molecule has 0 radical (unpaired) electrons. The summed E-state index contributed by atoms with van der Waals surface area (Å²) in [5.74, 6) is -0.133. The molecule has 4 rings (SSSR count). The second kappa shape index (κ2) is 12.4. The first-order valence-corrected chi connectivity index (χ1v) is 13.1. The van der Waals surface area contributed by atoms with E-state index >= 15 is 0 Å². The summed E-state index contributed by atoms with van der Waals surface area (Å²) in [4.78, 5) is 34.5. The molecule has 1 aliphatic heterocycles. The number of rotatable bonds is 10. The third kappa shape index (κ3) is 6.66. The number of aromatic nitrogens is 2. The van der Waals surface area contributed by atoms with Crippen LogP contribution in [0.2, 0.25) is 10.0 Å². The van der Waals surface area contributed by atoms with Crippen LogP contribution in [0.25, 0.3) is 0 Å². The smallest absolute Gasteiger partial charge is 0.328 e. The zero-order chi connectivity index (χ0) is 25.5. The number of carbonyl (C=O) groups excluding carboxylic acids is 2. The molecule has 11 heteroatoms. The summed E-state index contributed by atoms with van der Waals surface area (Å²) >= 11 is 13.6. The Labute approximate surface area is 223 Å². The first-order valence-electron chi connectivity index (χ1n) is 11.6. The number of methoxy groups -OCH3 is 1. The first kappa shape index (κ1) is 26.2. The van der Waals surface area contributed by atoms with Gasteiger partial charge < -0.3 is 20.1 Å². The Kier molecular flexibility index (Phi) is 9.01. The van der Waals surface area contributed by atoms with Crippen molar-refractivity contribution in [1.29, 1.82) is 0 Å². The number of aryl methyl sites for hydroxylation is 2. The molecule has 4 heterocycles. The summed E-state index contributed by atoms with van der Waals surface area (Å²) in [6.07, 6.45) is 6.43. The lowest BCUT2D eigenvalue weighted by Crippen LogP contribution is -2.42. The van der Waals surface area contributed by atoms with E-state index in [2.05, 4.69) is 27.8 Å². The topological polar surface area (TPSA) is 102 Å². The van der Waals surface area contributed by atoms with E-state index in [0.29, 0.717) is 25.9 Å². The lowest BCUT2D eigenvalue weighted by Gasteiger charge is -2.17. The van der Waals surface area contributed by atoms with Gasteiger partial charge in [-0.25, -0.2) is 9.78 Å². The highest BCUT2D eigenvalue weighted by Gasteiger charge is 2.25. The van der Waals surface area contributed by atoms with E-state index in [-0.39, 0.29) is 15.6 Å². The van der Waals surface area contributed by atoms with E-state index in [1.165, 1.54) is 36.4 Å². The third-order valence-electron chi connectivity index (χ3n) is 5.74. The lowest BCUT2D eigenvalue weighted by atomic mass is 10.1. The Morgan fingerprint density at radius 3 is 2.75 bits per heavy atom. The number of pyridine rings is 2. The van der Waals surface area contributed by atoms with Gasteiger partial charge >= 0.3 is 5.97 Å². The number of thiophene rings is 1. The fourth-order valence-corrected chi connectivity index (χ4v) is 5.30. The quantitative estimate of drug-likeness (QED) is 0.353. The number of amides is 1. The number of hydrogen-bond donors (Lipinski definition) is 2. The van der Waals surface area contributed by atoms with E-state index in [9.17, 15) is 9.59 Å². The average molecular weight is 549 g/mol. The molecule has 1 aliphatic rings. The van der Waals surface area contributed by atoms with Gasteiger partial charge in [0.15, 0.2) is 5.06 Å². The fourth-order valence-electron chi connectivity index (χ4n) is 3.87. The number of ether oxygens (including phenoxy) is 2. The molecule has 1 atom stereocenters. The number of nitrogens with one attached hydrogen (secondary N) is 2. The maximum atomic E-state index is 12.7. The van der Waals surface area contributed by atoms with Crippen molar-refractivity contribution < 1.29 is 19.1 Å². The summed E-state index contributed by atoms with van der Waals surface area (Å²) < 4.78 is 10.8. The van der Waals surface area contributed by atoms with E-state index in [0.717, 1.165) is 40.8 Å². The van der Waals surface area contributed by atoms with Crippen molar-refractivity contribution in [3.05, 3.63) is 68.4 Å². The second-order valence-corrected chi connectivity index (χ2v) is 10.2. The number of hydrogen-bond acceptors (Lipinski definition) is 8. The molecule has 1 amide bonds. The maximum absolute atomic E-state index is 12.7. The molecule has 0 aromatic carbocycles. The van der Waals surface area contributed by atoms with Crippen LogP contribution in [0.1, 0.15) is 39.3 Å². The van der Waals surface area contributed by atoms with Gasteiger partial charge in [0.1, 0.15) is 11.9 Å². The van der Waals surface area contributed by atoms with E-state index in [1.807, 2.05) is 12.1 Å². The van der Waals surface area contributed by atoms with Crippen LogP contribution < -0.4 is 15.4 Å². The summed E-state index contributed by atoms with van der Waals surface area (Å²) in [6.45, 7) is 1.48. The molecule has 0 saturated heterocycles. The normalized spacial score (nSPS) is 13.3. The van der Waals surface area contributed by atoms with Gasteiger partial charge in [-0.15, -0.1) is 11.3 Å². The van der Waals surface area contributed by atoms with Crippen LogP contribution in [0.4, 0.5) is 5.82 Å². The summed E-state index contributed by atoms with van der Waals surface area (Å²) in [7, 11) is 1.28. The Morgan fingerprint density at radius 1 is 1.17 bits per heavy atom. The number of anilines is 1. The Bertz CT molecular complexity index is 1220. The standard InChI is InChI=1S/C25H26Cl2N4O4S/c1-34-25(33)20(31-24(32)22-18(26)13-28-14-19(22)27)8-6-17-7-9-21(36-17)35-12-10-16-5-4-15-3-2-11-29-23(15)30-16/h4-5,7,9,13-14,20H,2-3,6,8,10-12H2,1H3,(H,29,30)(H,31,32)/t20-/m0/s1. The molecule has 3 aromatic rings. The predicted molar refractivity (Wildman–Crippen MR) is 140 cm³/mol. The van der Waals surface area contributed by atoms with Crippen LogP contribution in [-0.2, 0) is 28.8 Å². The van der Waals surface area contributed by atoms with E-state index in [4.69, 9.17) is 37.7 Å². The van der Waals surface area contributed by atoms with Crippen molar-refractivity contribution in [2.75, 3.05) is 25.6 Å². The minimum absolute atomic E-state index is 0.0678. The van der Waals surface area contributed by atoms with Crippen molar-refractivity contribution in [3.8, 4) is 5.06 Å². The Morgan fingerprint density at radius 2 is 1.97 bits per heavy atom. The monoisotopic (exact) mass is 548 g/mol. The number of esters is 1. The number of nitrogens with zero attached hydrogens (tertiary/aromatic N) is 2. The van der Waals surface area contributed by atoms with Crippen LogP contribution in [0, 0.1) is 0 Å². The van der Waals surface area contributed by atoms with Gasteiger partial charge in [0.25, 0.3) is 5.91 Å². The van der Waals surface area contributed by atoms with Crippen LogP contribution in [0.15, 0.2) is 36.7 Å². The molecule has 0 unspecified atom stereocenters. The first-order chi connectivity index (χ1) is 17.4. The molecule has 0 saturated carbocycles. The molecule has 8 nitrogen and oxygen atoms in total. The number of halogens is 2. The minimum Gasteiger partial charge on any atom is -0.484 e. The van der Waals surface area contributed by atoms with Crippen LogP contribution in [0.5, 0.6) is 5.06 Å². The van der Waals surface area contributed by atoms with Crippen molar-refractivity contribution in [2.45, 2.75) is 38.1 Å². The zero-order valence-corrected chi connectivity index (χ0v) is 22.0. The van der Waals surface area contributed by atoms with E-state index < -0.39 is 17.9 Å². The minimum atomic E-state index is -0.863. The van der Waals surface area contributed by atoms with Crippen LogP contribution in [0.3, 0.4) is 0 Å². The van der Waals surface area contributed by atoms with Crippen molar-refractivity contribution in [3.63, 3.8) is 0 Å². The number of carbonyl (C=O) groups is 2. The van der Waals surface area contributed by atoms with Crippen molar-refractivity contribution >= 4 is 52.2 Å². The highest BCUT2D eigenvalue weighted by atomic mass is 35.5. The third-order valence-corrected chi connectivity index (χ3v) is 7.37. The molecule has 3 aromatic heterocycles. The average Bonchev–Trinajstić information content (AvgIpc) is 3.33. The molecule has 0 fully saturated rings. The lowest BCUT2D eigenvalue weighted by molar-refractivity contribution is -0.143. The van der Waals surface area contributed by atoms with Gasteiger partial charge in [-0.1, -0.05) is 29.3 Å². The highest BCUT2D eigenvalue weighted by Crippen LogP contribution is 2.27. The maximum Gasteiger partial charge on any atom is 0.328 e. The van der Waals surface area contributed by atoms with Crippen molar-refractivity contribution in [2.24, 2.45) is 0 Å². The Balaban J connectivity index is 1.29. The molecular weight excluding hydrogens is 523 g/mol. The molecule has 0 aliphatic carbocycles. The highest BCUT2D eigenvalue weighted by molar-refractivity contribution is 7.13. The fraction of sp³-hybridized carbons (Fsp3) is 0.360. The largest absolute Gasteiger partial charge is 0.484 e. The molecular formula is C25H26Cl2N4O4S. The zero-order valence-electron chi connectivity index (χ0n) is 19.7. The van der Waals surface area contributed by atoms with Gasteiger partial charge in [-0.2, -0.15) is 0 Å². The van der Waals surface area contributed by atoms with Crippen LogP contribution in [-0.4, -0.2) is 48.1 Å². The molecule has 0 bridgehead atoms. The van der Waals surface area contributed by atoms with Crippen molar-refractivity contribution in [1.82, 2.24) is 15.3 Å². The molecule has 2 N–H and O–H groups in total. The molecule has 0 spiro atoms. The van der Waals surface area contributed by atoms with Crippen LogP contribution >= 0.6 is 34.5 Å². The Hall–Kier alpha value is -2.88. The van der Waals surface area contributed by atoms with Gasteiger partial charge in [0.2, 0.25) is 0 Å². The van der Waals surface area contributed by atoms with Gasteiger partial charge in [0, 0.05) is 35.9 Å². The van der Waals surface area contributed by atoms with Gasteiger partial charge in [-0.3, -0.25) is 9.78 Å². The van der Waals surface area contributed by atoms with Gasteiger partial charge in [-0.05, 0) is 49.4 Å².